The lowest BCUT2D eigenvalue weighted by Crippen LogP contribution is -2.43. The Morgan fingerprint density at radius 1 is 1.10 bits per heavy atom. The largest absolute Gasteiger partial charge is 0.465 e. The zero-order chi connectivity index (χ0) is 20.9. The molecule has 1 atom stereocenters. The minimum absolute atomic E-state index is 0.0441. The summed E-state index contributed by atoms with van der Waals surface area (Å²) in [4.78, 5) is 14.8. The normalized spacial score (nSPS) is 16.6. The average Bonchev–Trinajstić information content (AvgIpc) is 3.13. The summed E-state index contributed by atoms with van der Waals surface area (Å²) in [7, 11) is 0. The smallest absolute Gasteiger partial charge is 0.220 e. The molecule has 1 aliphatic heterocycles. The summed E-state index contributed by atoms with van der Waals surface area (Å²) >= 11 is 0. The average molecular weight is 399 g/mol. The van der Waals surface area contributed by atoms with Gasteiger partial charge in [0.2, 0.25) is 5.91 Å². The topological polar surface area (TPSA) is 54.7 Å². The van der Waals surface area contributed by atoms with Crippen molar-refractivity contribution in [3.63, 3.8) is 0 Å². The molecule has 1 N–H and O–H groups in total. The summed E-state index contributed by atoms with van der Waals surface area (Å²) in [5.41, 5.74) is 2.65. The van der Waals surface area contributed by atoms with Gasteiger partial charge in [-0.3, -0.25) is 9.69 Å². The monoisotopic (exact) mass is 398 g/mol. The van der Waals surface area contributed by atoms with Crippen LogP contribution in [-0.2, 0) is 21.4 Å². The van der Waals surface area contributed by atoms with Crippen molar-refractivity contribution >= 4 is 5.91 Å². The highest BCUT2D eigenvalue weighted by atomic mass is 16.5. The molecule has 0 aliphatic carbocycles. The second-order valence-electron chi connectivity index (χ2n) is 8.86. The van der Waals surface area contributed by atoms with Crippen LogP contribution < -0.4 is 5.32 Å². The van der Waals surface area contributed by atoms with Crippen LogP contribution in [0.15, 0.2) is 40.8 Å². The summed E-state index contributed by atoms with van der Waals surface area (Å²) < 4.78 is 11.3. The second-order valence-corrected chi connectivity index (χ2v) is 8.86. The van der Waals surface area contributed by atoms with Crippen molar-refractivity contribution in [1.29, 1.82) is 0 Å². The van der Waals surface area contributed by atoms with Crippen molar-refractivity contribution in [3.05, 3.63) is 59.0 Å². The summed E-state index contributed by atoms with van der Waals surface area (Å²) in [5, 5.41) is 3.11. The maximum absolute atomic E-state index is 12.5. The molecule has 1 amide bonds. The summed E-state index contributed by atoms with van der Waals surface area (Å²) in [6.45, 7) is 12.3. The first-order chi connectivity index (χ1) is 13.8. The molecule has 5 nitrogen and oxygen atoms in total. The van der Waals surface area contributed by atoms with E-state index in [1.165, 1.54) is 11.1 Å². The van der Waals surface area contributed by atoms with Crippen LogP contribution in [0.3, 0.4) is 0 Å². The quantitative estimate of drug-likeness (QED) is 0.766. The van der Waals surface area contributed by atoms with Crippen LogP contribution >= 0.6 is 0 Å². The predicted octanol–water partition coefficient (Wildman–Crippen LogP) is 4.01. The van der Waals surface area contributed by atoms with E-state index in [0.29, 0.717) is 26.2 Å². The Kier molecular flexibility index (Phi) is 7.14. The zero-order valence-electron chi connectivity index (χ0n) is 18.2. The number of rotatable bonds is 7. The first kappa shape index (κ1) is 21.6. The van der Waals surface area contributed by atoms with Gasteiger partial charge in [0.25, 0.3) is 0 Å². The Labute approximate surface area is 174 Å². The third kappa shape index (κ3) is 6.18. The van der Waals surface area contributed by atoms with Crippen LogP contribution in [0.4, 0.5) is 0 Å². The molecule has 1 aliphatic rings. The van der Waals surface area contributed by atoms with E-state index in [1.54, 1.807) is 0 Å². The van der Waals surface area contributed by atoms with Gasteiger partial charge >= 0.3 is 0 Å². The predicted molar refractivity (Wildman–Crippen MR) is 115 cm³/mol. The number of aryl methyl sites for hydroxylation is 2. The number of carbonyl (C=O) groups is 1. The highest BCUT2D eigenvalue weighted by Crippen LogP contribution is 2.24. The molecule has 1 aromatic heterocycles. The third-order valence-electron chi connectivity index (χ3n) is 5.53. The molecular formula is C24H34N2O3. The molecule has 0 bridgehead atoms. The van der Waals surface area contributed by atoms with Crippen LogP contribution in [0.25, 0.3) is 0 Å². The van der Waals surface area contributed by atoms with Gasteiger partial charge in [-0.1, -0.05) is 45.0 Å². The number of hydrogen-bond donors (Lipinski definition) is 1. The van der Waals surface area contributed by atoms with Crippen molar-refractivity contribution in [2.24, 2.45) is 0 Å². The number of ether oxygens (including phenoxy) is 1. The molecule has 5 heteroatoms. The lowest BCUT2D eigenvalue weighted by molar-refractivity contribution is -0.121. The minimum atomic E-state index is 0.0441. The number of carbonyl (C=O) groups excluding carboxylic acids is 1. The number of furan rings is 1. The van der Waals surface area contributed by atoms with Crippen LogP contribution in [0.1, 0.15) is 55.9 Å². The molecule has 3 rings (SSSR count). The number of amides is 1. The fraction of sp³-hybridized carbons (Fsp3) is 0.542. The molecule has 158 valence electrons. The van der Waals surface area contributed by atoms with Crippen LogP contribution in [0, 0.1) is 6.92 Å². The van der Waals surface area contributed by atoms with Gasteiger partial charge in [-0.15, -0.1) is 0 Å². The van der Waals surface area contributed by atoms with Crippen LogP contribution in [0.5, 0.6) is 0 Å². The Morgan fingerprint density at radius 2 is 1.79 bits per heavy atom. The zero-order valence-corrected chi connectivity index (χ0v) is 18.2. The molecule has 0 radical (unpaired) electrons. The SMILES string of the molecule is Cc1ccc([C@H](CNC(=O)CCc2ccc(C(C)(C)C)cc2)N2CCOCC2)o1. The molecule has 2 heterocycles. The molecule has 29 heavy (non-hydrogen) atoms. The maximum atomic E-state index is 12.5. The molecule has 1 saturated heterocycles. The van der Waals surface area contributed by atoms with Crippen molar-refractivity contribution in [2.75, 3.05) is 32.8 Å². The van der Waals surface area contributed by atoms with Crippen molar-refractivity contribution in [1.82, 2.24) is 10.2 Å². The van der Waals surface area contributed by atoms with Gasteiger partial charge in [-0.05, 0) is 42.0 Å². The van der Waals surface area contributed by atoms with Gasteiger partial charge < -0.3 is 14.5 Å². The molecule has 1 fully saturated rings. The van der Waals surface area contributed by atoms with Crippen LogP contribution in [-0.4, -0.2) is 43.7 Å². The number of hydrogen-bond acceptors (Lipinski definition) is 4. The Morgan fingerprint density at radius 3 is 2.38 bits per heavy atom. The van der Waals surface area contributed by atoms with E-state index in [1.807, 2.05) is 19.1 Å². The van der Waals surface area contributed by atoms with E-state index in [4.69, 9.17) is 9.15 Å². The van der Waals surface area contributed by atoms with E-state index < -0.39 is 0 Å². The van der Waals surface area contributed by atoms with Gasteiger partial charge in [-0.25, -0.2) is 0 Å². The Hall–Kier alpha value is -2.11. The number of nitrogens with one attached hydrogen (secondary N) is 1. The van der Waals surface area contributed by atoms with E-state index in [0.717, 1.165) is 31.0 Å². The van der Waals surface area contributed by atoms with Crippen molar-refractivity contribution < 1.29 is 13.9 Å². The van der Waals surface area contributed by atoms with E-state index in [-0.39, 0.29) is 17.4 Å². The molecule has 0 saturated carbocycles. The molecular weight excluding hydrogens is 364 g/mol. The molecule has 0 spiro atoms. The minimum Gasteiger partial charge on any atom is -0.465 e. The van der Waals surface area contributed by atoms with Crippen molar-refractivity contribution in [3.8, 4) is 0 Å². The maximum Gasteiger partial charge on any atom is 0.220 e. The van der Waals surface area contributed by atoms with E-state index in [2.05, 4.69) is 55.3 Å². The van der Waals surface area contributed by atoms with Crippen molar-refractivity contribution in [2.45, 2.75) is 52.0 Å². The van der Waals surface area contributed by atoms with Crippen LogP contribution in [0.2, 0.25) is 0 Å². The van der Waals surface area contributed by atoms with Gasteiger partial charge in [-0.2, -0.15) is 0 Å². The number of benzene rings is 1. The summed E-state index contributed by atoms with van der Waals surface area (Å²) in [6.07, 6.45) is 1.24. The van der Waals surface area contributed by atoms with E-state index in [9.17, 15) is 4.79 Å². The third-order valence-corrected chi connectivity index (χ3v) is 5.53. The fourth-order valence-corrected chi connectivity index (χ4v) is 3.66. The van der Waals surface area contributed by atoms with Gasteiger partial charge in [0.15, 0.2) is 0 Å². The first-order valence-corrected chi connectivity index (χ1v) is 10.6. The summed E-state index contributed by atoms with van der Waals surface area (Å²) in [5.74, 6) is 1.87. The molecule has 1 aromatic carbocycles. The number of morpholine rings is 1. The number of nitrogens with zero attached hydrogens (tertiary/aromatic N) is 1. The summed E-state index contributed by atoms with van der Waals surface area (Å²) in [6, 6.07) is 12.6. The molecule has 0 unspecified atom stereocenters. The second kappa shape index (κ2) is 9.59. The highest BCUT2D eigenvalue weighted by Gasteiger charge is 2.25. The Bertz CT molecular complexity index is 783. The molecule has 2 aromatic rings. The van der Waals surface area contributed by atoms with E-state index >= 15 is 0 Å². The first-order valence-electron chi connectivity index (χ1n) is 10.6. The van der Waals surface area contributed by atoms with Gasteiger partial charge in [0.1, 0.15) is 11.5 Å². The fourth-order valence-electron chi connectivity index (χ4n) is 3.66. The Balaban J connectivity index is 1.53. The van der Waals surface area contributed by atoms with Gasteiger partial charge in [0.05, 0.1) is 19.3 Å². The van der Waals surface area contributed by atoms with Gasteiger partial charge in [0, 0.05) is 26.1 Å². The standard InChI is InChI=1S/C24H34N2O3/c1-18-5-11-22(29-18)21(26-13-15-28-16-14-26)17-25-23(27)12-8-19-6-9-20(10-7-19)24(2,3)4/h5-7,9-11,21H,8,12-17H2,1-4H3,(H,25,27)/t21-/m0/s1. The highest BCUT2D eigenvalue weighted by molar-refractivity contribution is 5.76. The lowest BCUT2D eigenvalue weighted by Gasteiger charge is -2.33. The lowest BCUT2D eigenvalue weighted by atomic mass is 9.86.